The Morgan fingerprint density at radius 3 is 2.50 bits per heavy atom. The molecule has 1 fully saturated rings. The van der Waals surface area contributed by atoms with Crippen molar-refractivity contribution in [2.45, 2.75) is 26.3 Å². The van der Waals surface area contributed by atoms with E-state index in [0.717, 1.165) is 31.9 Å². The molecule has 20 heavy (non-hydrogen) atoms. The Kier molecular flexibility index (Phi) is 4.28. The van der Waals surface area contributed by atoms with Crippen LogP contribution in [0.1, 0.15) is 31.3 Å². The molecule has 1 aliphatic heterocycles. The number of hydrogen-bond acceptors (Lipinski definition) is 4. The van der Waals surface area contributed by atoms with Gasteiger partial charge >= 0.3 is 0 Å². The number of carbonyl (C=O) groups is 1. The molecule has 1 saturated heterocycles. The van der Waals surface area contributed by atoms with Crippen LogP contribution in [-0.2, 0) is 0 Å². The molecule has 1 N–H and O–H groups in total. The lowest BCUT2D eigenvalue weighted by Crippen LogP contribution is -2.47. The molecule has 2 rings (SSSR count). The molecule has 0 aromatic carbocycles. The Hall–Kier alpha value is -1.62. The largest absolute Gasteiger partial charge is 0.380 e. The maximum Gasteiger partial charge on any atom is 0.272 e. The van der Waals surface area contributed by atoms with Crippen LogP contribution in [0.25, 0.3) is 0 Å². The first kappa shape index (κ1) is 14.8. The van der Waals surface area contributed by atoms with Gasteiger partial charge in [0, 0.05) is 43.6 Å². The van der Waals surface area contributed by atoms with Crippen LogP contribution < -0.4 is 5.32 Å². The molecule has 2 heterocycles. The number of hydrogen-bond donors (Lipinski definition) is 1. The number of amides is 1. The lowest BCUT2D eigenvalue weighted by atomic mass is 10.1. The molecular formula is C15H24N4O. The van der Waals surface area contributed by atoms with Gasteiger partial charge in [0.25, 0.3) is 5.91 Å². The topological polar surface area (TPSA) is 48.5 Å². The third-order valence-corrected chi connectivity index (χ3v) is 3.29. The minimum atomic E-state index is -0.0322. The molecule has 0 spiro atoms. The number of piperazine rings is 1. The molecule has 0 unspecified atom stereocenters. The first-order valence-electron chi connectivity index (χ1n) is 7.07. The fourth-order valence-electron chi connectivity index (χ4n) is 2.23. The van der Waals surface area contributed by atoms with Gasteiger partial charge in [-0.25, -0.2) is 0 Å². The molecule has 1 amide bonds. The van der Waals surface area contributed by atoms with Gasteiger partial charge in [0.2, 0.25) is 0 Å². The summed E-state index contributed by atoms with van der Waals surface area (Å²) in [6, 6.07) is 3.73. The second kappa shape index (κ2) is 5.79. The first-order chi connectivity index (χ1) is 9.35. The highest BCUT2D eigenvalue weighted by atomic mass is 16.2. The Morgan fingerprint density at radius 2 is 1.90 bits per heavy atom. The van der Waals surface area contributed by atoms with E-state index in [4.69, 9.17) is 0 Å². The maximum atomic E-state index is 12.4. The quantitative estimate of drug-likeness (QED) is 0.893. The van der Waals surface area contributed by atoms with E-state index >= 15 is 0 Å². The number of anilines is 1. The fraction of sp³-hybridized carbons (Fsp3) is 0.600. The summed E-state index contributed by atoms with van der Waals surface area (Å²) in [6.07, 6.45) is 1.69. The number of pyridine rings is 1. The van der Waals surface area contributed by atoms with E-state index in [1.165, 1.54) is 0 Å². The zero-order chi connectivity index (χ0) is 14.8. The highest BCUT2D eigenvalue weighted by molar-refractivity contribution is 5.93. The third kappa shape index (κ3) is 3.93. The van der Waals surface area contributed by atoms with Crippen molar-refractivity contribution in [3.05, 3.63) is 24.0 Å². The zero-order valence-electron chi connectivity index (χ0n) is 12.8. The van der Waals surface area contributed by atoms with Gasteiger partial charge in [-0.3, -0.25) is 9.78 Å². The summed E-state index contributed by atoms with van der Waals surface area (Å²) in [5.41, 5.74) is 1.42. The van der Waals surface area contributed by atoms with Gasteiger partial charge in [-0.2, -0.15) is 0 Å². The number of nitrogens with one attached hydrogen (secondary N) is 1. The van der Waals surface area contributed by atoms with Crippen LogP contribution in [0.4, 0.5) is 5.69 Å². The van der Waals surface area contributed by atoms with Gasteiger partial charge in [0.15, 0.2) is 0 Å². The second-order valence-corrected chi connectivity index (χ2v) is 6.40. The van der Waals surface area contributed by atoms with Gasteiger partial charge < -0.3 is 15.1 Å². The molecule has 0 radical (unpaired) electrons. The third-order valence-electron chi connectivity index (χ3n) is 3.29. The van der Waals surface area contributed by atoms with Crippen molar-refractivity contribution >= 4 is 11.6 Å². The molecule has 5 nitrogen and oxygen atoms in total. The lowest BCUT2D eigenvalue weighted by Gasteiger charge is -2.32. The summed E-state index contributed by atoms with van der Waals surface area (Å²) in [5, 5.41) is 3.37. The molecule has 0 atom stereocenters. The van der Waals surface area contributed by atoms with E-state index in [-0.39, 0.29) is 11.4 Å². The highest BCUT2D eigenvalue weighted by Crippen LogP contribution is 2.16. The molecule has 5 heteroatoms. The minimum absolute atomic E-state index is 0.0238. The van der Waals surface area contributed by atoms with Gasteiger partial charge in [0.05, 0.1) is 0 Å². The van der Waals surface area contributed by atoms with Crippen LogP contribution in [0.5, 0.6) is 0 Å². The SMILES string of the molecule is CN1CCN(C(=O)c2cc(NC(C)(C)C)ccn2)CC1. The van der Waals surface area contributed by atoms with Crippen LogP contribution in [0.2, 0.25) is 0 Å². The van der Waals surface area contributed by atoms with Crippen LogP contribution >= 0.6 is 0 Å². The summed E-state index contributed by atoms with van der Waals surface area (Å²) in [5.74, 6) is 0.0238. The number of nitrogens with zero attached hydrogens (tertiary/aromatic N) is 3. The average Bonchev–Trinajstić information content (AvgIpc) is 2.37. The van der Waals surface area contributed by atoms with Crippen LogP contribution in [0.15, 0.2) is 18.3 Å². The first-order valence-corrected chi connectivity index (χ1v) is 7.07. The summed E-state index contributed by atoms with van der Waals surface area (Å²) in [6.45, 7) is 9.67. The normalized spacial score (nSPS) is 17.1. The molecule has 0 saturated carbocycles. The summed E-state index contributed by atoms with van der Waals surface area (Å²) < 4.78 is 0. The Bertz CT molecular complexity index is 473. The van der Waals surface area contributed by atoms with Crippen molar-refractivity contribution in [2.24, 2.45) is 0 Å². The average molecular weight is 276 g/mol. The fourth-order valence-corrected chi connectivity index (χ4v) is 2.23. The van der Waals surface area contributed by atoms with Crippen LogP contribution in [0, 0.1) is 0 Å². The van der Waals surface area contributed by atoms with Crippen LogP contribution in [-0.4, -0.2) is 59.5 Å². The van der Waals surface area contributed by atoms with Crippen molar-refractivity contribution in [2.75, 3.05) is 38.5 Å². The molecule has 1 aromatic heterocycles. The van der Waals surface area contributed by atoms with Crippen LogP contribution in [0.3, 0.4) is 0 Å². The van der Waals surface area contributed by atoms with Crippen molar-refractivity contribution in [3.8, 4) is 0 Å². The smallest absolute Gasteiger partial charge is 0.272 e. The lowest BCUT2D eigenvalue weighted by molar-refractivity contribution is 0.0658. The summed E-state index contributed by atoms with van der Waals surface area (Å²) in [4.78, 5) is 20.8. The van der Waals surface area contributed by atoms with Gasteiger partial charge in [-0.1, -0.05) is 0 Å². The van der Waals surface area contributed by atoms with E-state index in [1.807, 2.05) is 17.0 Å². The molecule has 0 aliphatic carbocycles. The van der Waals surface area contributed by atoms with Crippen molar-refractivity contribution in [1.82, 2.24) is 14.8 Å². The van der Waals surface area contributed by atoms with E-state index in [0.29, 0.717) is 5.69 Å². The zero-order valence-corrected chi connectivity index (χ0v) is 12.8. The standard InChI is InChI=1S/C15H24N4O/c1-15(2,3)17-12-5-6-16-13(11-12)14(20)19-9-7-18(4)8-10-19/h5-6,11H,7-10H2,1-4H3,(H,16,17). The Labute approximate surface area is 121 Å². The van der Waals surface area contributed by atoms with Crippen molar-refractivity contribution < 1.29 is 4.79 Å². The Morgan fingerprint density at radius 1 is 1.25 bits per heavy atom. The predicted octanol–water partition coefficient (Wildman–Crippen LogP) is 1.68. The van der Waals surface area contributed by atoms with Gasteiger partial charge in [-0.05, 0) is 40.0 Å². The highest BCUT2D eigenvalue weighted by Gasteiger charge is 2.21. The van der Waals surface area contributed by atoms with E-state index in [9.17, 15) is 4.79 Å². The van der Waals surface area contributed by atoms with Gasteiger partial charge in [0.1, 0.15) is 5.69 Å². The Balaban J connectivity index is 2.08. The number of carbonyl (C=O) groups excluding carboxylic acids is 1. The molecule has 1 aromatic rings. The van der Waals surface area contributed by atoms with Crippen molar-refractivity contribution in [3.63, 3.8) is 0 Å². The van der Waals surface area contributed by atoms with E-state index < -0.39 is 0 Å². The summed E-state index contributed by atoms with van der Waals surface area (Å²) in [7, 11) is 2.08. The number of rotatable bonds is 2. The molecule has 110 valence electrons. The number of aromatic nitrogens is 1. The van der Waals surface area contributed by atoms with E-state index in [2.05, 4.69) is 43.0 Å². The molecule has 0 bridgehead atoms. The molecule has 1 aliphatic rings. The summed E-state index contributed by atoms with van der Waals surface area (Å²) >= 11 is 0. The minimum Gasteiger partial charge on any atom is -0.380 e. The number of likely N-dealkylation sites (N-methyl/N-ethyl adjacent to an activating group) is 1. The maximum absolute atomic E-state index is 12.4. The van der Waals surface area contributed by atoms with Gasteiger partial charge in [-0.15, -0.1) is 0 Å². The van der Waals surface area contributed by atoms with E-state index in [1.54, 1.807) is 6.20 Å². The monoisotopic (exact) mass is 276 g/mol. The predicted molar refractivity (Wildman–Crippen MR) is 81.0 cm³/mol. The second-order valence-electron chi connectivity index (χ2n) is 6.40. The molecular weight excluding hydrogens is 252 g/mol. The van der Waals surface area contributed by atoms with Crippen molar-refractivity contribution in [1.29, 1.82) is 0 Å².